The Morgan fingerprint density at radius 2 is 1.92 bits per heavy atom. The zero-order valence-electron chi connectivity index (χ0n) is 14.1. The number of nitrogens with zero attached hydrogens (tertiary/aromatic N) is 1. The molecule has 2 aromatic carbocycles. The molecule has 0 unspecified atom stereocenters. The highest BCUT2D eigenvalue weighted by Crippen LogP contribution is 2.29. The Morgan fingerprint density at radius 3 is 2.60 bits per heavy atom. The van der Waals surface area contributed by atoms with Gasteiger partial charge in [0, 0.05) is 6.07 Å². The van der Waals surface area contributed by atoms with E-state index in [1.54, 1.807) is 37.3 Å². The first kappa shape index (κ1) is 17.1. The number of sulfonamides is 1. The van der Waals surface area contributed by atoms with E-state index in [0.29, 0.717) is 34.6 Å². The van der Waals surface area contributed by atoms with Gasteiger partial charge in [0.25, 0.3) is 10.0 Å². The molecule has 132 valence electrons. The molecule has 3 rings (SSSR count). The number of aromatic nitrogens is 1. The SMILES string of the molecule is CCOc1ccc(S(=O)(=O)Nc2noc3cc(OC)ccc23)c(C)c1. The van der Waals surface area contributed by atoms with Gasteiger partial charge in [0.2, 0.25) is 0 Å². The zero-order chi connectivity index (χ0) is 18.0. The fourth-order valence-corrected chi connectivity index (χ4v) is 3.72. The van der Waals surface area contributed by atoms with E-state index in [4.69, 9.17) is 14.0 Å². The molecule has 0 saturated carbocycles. The van der Waals surface area contributed by atoms with E-state index in [9.17, 15) is 8.42 Å². The lowest BCUT2D eigenvalue weighted by Crippen LogP contribution is -2.14. The molecule has 25 heavy (non-hydrogen) atoms. The number of ether oxygens (including phenoxy) is 2. The normalized spacial score (nSPS) is 11.5. The van der Waals surface area contributed by atoms with Gasteiger partial charge < -0.3 is 14.0 Å². The molecule has 0 atom stereocenters. The van der Waals surface area contributed by atoms with Crippen LogP contribution in [0.5, 0.6) is 11.5 Å². The first-order valence-electron chi connectivity index (χ1n) is 7.64. The van der Waals surface area contributed by atoms with Gasteiger partial charge in [-0.15, -0.1) is 0 Å². The molecule has 0 aliphatic rings. The molecule has 1 heterocycles. The van der Waals surface area contributed by atoms with Gasteiger partial charge in [0.1, 0.15) is 11.5 Å². The van der Waals surface area contributed by atoms with Crippen LogP contribution in [0.1, 0.15) is 12.5 Å². The van der Waals surface area contributed by atoms with Crippen LogP contribution in [-0.4, -0.2) is 27.3 Å². The number of aryl methyl sites for hydroxylation is 1. The van der Waals surface area contributed by atoms with Gasteiger partial charge in [0.15, 0.2) is 11.4 Å². The summed E-state index contributed by atoms with van der Waals surface area (Å²) in [5, 5.41) is 4.36. The molecular weight excluding hydrogens is 344 g/mol. The molecule has 1 aromatic heterocycles. The number of methoxy groups -OCH3 is 1. The van der Waals surface area contributed by atoms with Crippen molar-refractivity contribution in [3.63, 3.8) is 0 Å². The van der Waals surface area contributed by atoms with Gasteiger partial charge in [-0.3, -0.25) is 4.72 Å². The second-order valence-corrected chi connectivity index (χ2v) is 7.01. The van der Waals surface area contributed by atoms with Gasteiger partial charge in [0.05, 0.1) is 24.0 Å². The number of fused-ring (bicyclic) bond motifs is 1. The average molecular weight is 362 g/mol. The maximum Gasteiger partial charge on any atom is 0.263 e. The molecule has 7 nitrogen and oxygen atoms in total. The molecule has 0 spiro atoms. The number of hydrogen-bond donors (Lipinski definition) is 1. The number of hydrogen-bond acceptors (Lipinski definition) is 6. The fourth-order valence-electron chi connectivity index (χ4n) is 2.48. The number of anilines is 1. The maximum atomic E-state index is 12.7. The highest BCUT2D eigenvalue weighted by atomic mass is 32.2. The minimum atomic E-state index is -3.81. The lowest BCUT2D eigenvalue weighted by atomic mass is 10.2. The summed E-state index contributed by atoms with van der Waals surface area (Å²) in [4.78, 5) is 0.153. The topological polar surface area (TPSA) is 90.7 Å². The summed E-state index contributed by atoms with van der Waals surface area (Å²) in [5.41, 5.74) is 1.01. The zero-order valence-corrected chi connectivity index (χ0v) is 14.9. The van der Waals surface area contributed by atoms with Gasteiger partial charge in [-0.05, 0) is 49.7 Å². The molecule has 0 bridgehead atoms. The summed E-state index contributed by atoms with van der Waals surface area (Å²) >= 11 is 0. The molecule has 0 aliphatic carbocycles. The minimum absolute atomic E-state index is 0.130. The predicted octanol–water partition coefficient (Wildman–Crippen LogP) is 3.34. The van der Waals surface area contributed by atoms with Crippen LogP contribution in [0.25, 0.3) is 11.0 Å². The second kappa shape index (κ2) is 6.64. The Balaban J connectivity index is 1.94. The summed E-state index contributed by atoms with van der Waals surface area (Å²) < 4.78 is 43.5. The molecule has 0 saturated heterocycles. The van der Waals surface area contributed by atoms with Crippen LogP contribution in [0.15, 0.2) is 45.8 Å². The van der Waals surface area contributed by atoms with Crippen LogP contribution in [0.3, 0.4) is 0 Å². The first-order valence-corrected chi connectivity index (χ1v) is 9.12. The molecular formula is C17H18N2O5S. The monoisotopic (exact) mass is 362 g/mol. The number of rotatable bonds is 6. The largest absolute Gasteiger partial charge is 0.497 e. The summed E-state index contributed by atoms with van der Waals surface area (Å²) in [5.74, 6) is 1.35. The summed E-state index contributed by atoms with van der Waals surface area (Å²) in [6.07, 6.45) is 0. The van der Waals surface area contributed by atoms with Crippen molar-refractivity contribution < 1.29 is 22.4 Å². The second-order valence-electron chi connectivity index (χ2n) is 5.36. The standard InChI is InChI=1S/C17H18N2O5S/c1-4-23-13-6-8-16(11(2)9-13)25(20,21)19-17-14-7-5-12(22-3)10-15(14)24-18-17/h5-10H,4H2,1-3H3,(H,18,19). The first-order chi connectivity index (χ1) is 11.9. The minimum Gasteiger partial charge on any atom is -0.497 e. The van der Waals surface area contributed by atoms with Crippen molar-refractivity contribution in [1.82, 2.24) is 5.16 Å². The number of nitrogens with one attached hydrogen (secondary N) is 1. The van der Waals surface area contributed by atoms with Crippen LogP contribution in [0.4, 0.5) is 5.82 Å². The molecule has 0 aliphatic heterocycles. The van der Waals surface area contributed by atoms with E-state index in [-0.39, 0.29) is 10.7 Å². The Labute approximate surface area is 145 Å². The molecule has 8 heteroatoms. The third-order valence-corrected chi connectivity index (χ3v) is 5.16. The lowest BCUT2D eigenvalue weighted by Gasteiger charge is -2.10. The van der Waals surface area contributed by atoms with Gasteiger partial charge >= 0.3 is 0 Å². The Hall–Kier alpha value is -2.74. The smallest absolute Gasteiger partial charge is 0.263 e. The predicted molar refractivity (Wildman–Crippen MR) is 93.7 cm³/mol. The molecule has 0 fully saturated rings. The Kier molecular flexibility index (Phi) is 4.54. The van der Waals surface area contributed by atoms with Crippen molar-refractivity contribution in [3.05, 3.63) is 42.0 Å². The van der Waals surface area contributed by atoms with Gasteiger partial charge in [-0.25, -0.2) is 8.42 Å². The third kappa shape index (κ3) is 3.39. The van der Waals surface area contributed by atoms with Crippen molar-refractivity contribution in [1.29, 1.82) is 0 Å². The highest BCUT2D eigenvalue weighted by Gasteiger charge is 2.21. The van der Waals surface area contributed by atoms with Crippen molar-refractivity contribution in [2.24, 2.45) is 0 Å². The summed E-state index contributed by atoms with van der Waals surface area (Å²) in [6, 6.07) is 9.85. The molecule has 0 radical (unpaired) electrons. The van der Waals surface area contributed by atoms with Crippen LogP contribution in [0, 0.1) is 6.92 Å². The van der Waals surface area contributed by atoms with Crippen LogP contribution < -0.4 is 14.2 Å². The van der Waals surface area contributed by atoms with E-state index in [0.717, 1.165) is 0 Å². The van der Waals surface area contributed by atoms with Crippen molar-refractivity contribution in [3.8, 4) is 11.5 Å². The van der Waals surface area contributed by atoms with E-state index in [1.807, 2.05) is 6.92 Å². The van der Waals surface area contributed by atoms with E-state index >= 15 is 0 Å². The Bertz CT molecular complexity index is 1010. The molecule has 3 aromatic rings. The van der Waals surface area contributed by atoms with Crippen molar-refractivity contribution >= 4 is 26.8 Å². The summed E-state index contributed by atoms with van der Waals surface area (Å²) in [6.45, 7) is 4.09. The average Bonchev–Trinajstić information content (AvgIpc) is 2.96. The van der Waals surface area contributed by atoms with Crippen LogP contribution in [-0.2, 0) is 10.0 Å². The quantitative estimate of drug-likeness (QED) is 0.723. The van der Waals surface area contributed by atoms with Gasteiger partial charge in [-0.1, -0.05) is 5.16 Å². The van der Waals surface area contributed by atoms with Gasteiger partial charge in [-0.2, -0.15) is 0 Å². The summed E-state index contributed by atoms with van der Waals surface area (Å²) in [7, 11) is -2.27. The number of benzene rings is 2. The van der Waals surface area contributed by atoms with Crippen molar-refractivity contribution in [2.45, 2.75) is 18.7 Å². The van der Waals surface area contributed by atoms with E-state index < -0.39 is 10.0 Å². The van der Waals surface area contributed by atoms with E-state index in [2.05, 4.69) is 9.88 Å². The highest BCUT2D eigenvalue weighted by molar-refractivity contribution is 7.92. The fraction of sp³-hybridized carbons (Fsp3) is 0.235. The van der Waals surface area contributed by atoms with Crippen LogP contribution in [0.2, 0.25) is 0 Å². The van der Waals surface area contributed by atoms with Crippen molar-refractivity contribution in [2.75, 3.05) is 18.4 Å². The lowest BCUT2D eigenvalue weighted by molar-refractivity contribution is 0.339. The third-order valence-electron chi connectivity index (χ3n) is 3.66. The Morgan fingerprint density at radius 1 is 1.16 bits per heavy atom. The molecule has 0 amide bonds. The van der Waals surface area contributed by atoms with E-state index in [1.165, 1.54) is 13.2 Å². The van der Waals surface area contributed by atoms with Crippen LogP contribution >= 0.6 is 0 Å². The molecule has 1 N–H and O–H groups in total. The maximum absolute atomic E-state index is 12.7.